The number of hydrogen-bond acceptors (Lipinski definition) is 9. The van der Waals surface area contributed by atoms with Crippen LogP contribution in [0, 0.1) is 0 Å². The average Bonchev–Trinajstić information content (AvgIpc) is 3.08. The van der Waals surface area contributed by atoms with Crippen LogP contribution in [0.25, 0.3) is 0 Å². The summed E-state index contributed by atoms with van der Waals surface area (Å²) in [6.07, 6.45) is 5.51. The molecular weight excluding hydrogens is 660 g/mol. The molecule has 2 heterocycles. The summed E-state index contributed by atoms with van der Waals surface area (Å²) >= 11 is 6.05. The molecule has 1 aliphatic heterocycles. The van der Waals surface area contributed by atoms with E-state index in [1.165, 1.54) is 20.9 Å². The maximum atomic E-state index is 13.2. The summed E-state index contributed by atoms with van der Waals surface area (Å²) in [5, 5.41) is 3.09. The van der Waals surface area contributed by atoms with Gasteiger partial charge in [-0.3, -0.25) is 14.4 Å². The molecule has 3 amide bonds. The van der Waals surface area contributed by atoms with Crippen molar-refractivity contribution in [2.24, 2.45) is 0 Å². The van der Waals surface area contributed by atoms with Gasteiger partial charge < -0.3 is 40.5 Å². The van der Waals surface area contributed by atoms with E-state index in [1.54, 1.807) is 28.2 Å². The number of likely N-dealkylation sites (N-methyl/N-ethyl adjacent to an activating group) is 2. The minimum absolute atomic E-state index is 0.00426. The number of nitrogens with two attached hydrogens (primary N) is 2. The van der Waals surface area contributed by atoms with Crippen molar-refractivity contribution in [3.63, 3.8) is 0 Å². The number of hydrogen-bond donors (Lipinski definition) is 3. The third-order valence-corrected chi connectivity index (χ3v) is 9.29. The number of likely N-dealkylation sites (tertiary alicyclic amines) is 1. The second-order valence-corrected chi connectivity index (χ2v) is 13.6. The van der Waals surface area contributed by atoms with E-state index in [0.717, 1.165) is 69.2 Å². The van der Waals surface area contributed by atoms with Gasteiger partial charge in [-0.15, -0.1) is 0 Å². The van der Waals surface area contributed by atoms with Crippen molar-refractivity contribution < 1.29 is 28.3 Å². The zero-order valence-corrected chi connectivity index (χ0v) is 30.2. The van der Waals surface area contributed by atoms with Crippen LogP contribution in [0.1, 0.15) is 47.3 Å². The second-order valence-electron chi connectivity index (χ2n) is 13.3. The van der Waals surface area contributed by atoms with Crippen LogP contribution in [0.3, 0.4) is 0 Å². The van der Waals surface area contributed by atoms with E-state index < -0.39 is 5.91 Å². The van der Waals surface area contributed by atoms with Gasteiger partial charge in [0.25, 0.3) is 17.7 Å². The first-order valence-electron chi connectivity index (χ1n) is 16.9. The quantitative estimate of drug-likeness (QED) is 0.189. The summed E-state index contributed by atoms with van der Waals surface area (Å²) in [5.74, 6) is 0.665. The number of nitrogen functional groups attached to an aromatic ring is 2. The first kappa shape index (κ1) is 38.2. The van der Waals surface area contributed by atoms with E-state index in [2.05, 4.69) is 15.3 Å². The molecular formula is C36H50ClN8O5+. The summed E-state index contributed by atoms with van der Waals surface area (Å²) in [4.78, 5) is 48.0. The lowest BCUT2D eigenvalue weighted by Gasteiger charge is -2.45. The van der Waals surface area contributed by atoms with Gasteiger partial charge in [-0.1, -0.05) is 35.9 Å². The number of piperidine rings is 1. The molecule has 1 aliphatic rings. The Hall–Kier alpha value is -4.62. The highest BCUT2D eigenvalue weighted by Crippen LogP contribution is 2.25. The van der Waals surface area contributed by atoms with Crippen LogP contribution in [0.5, 0.6) is 11.5 Å². The number of nitrogens with zero attached hydrogens (tertiary/aromatic N) is 5. The van der Waals surface area contributed by atoms with Gasteiger partial charge in [0.2, 0.25) is 0 Å². The monoisotopic (exact) mass is 709 g/mol. The Bertz CT molecular complexity index is 1530. The van der Waals surface area contributed by atoms with Crippen molar-refractivity contribution in [1.82, 2.24) is 25.1 Å². The number of rotatable bonds is 16. The summed E-state index contributed by atoms with van der Waals surface area (Å²) in [6, 6.07) is 15.7. The number of aromatic nitrogens is 2. The molecule has 1 aromatic heterocycles. The van der Waals surface area contributed by atoms with Gasteiger partial charge in [0.15, 0.2) is 35.7 Å². The van der Waals surface area contributed by atoms with Gasteiger partial charge in [0, 0.05) is 41.0 Å². The Morgan fingerprint density at radius 1 is 0.820 bits per heavy atom. The lowest BCUT2D eigenvalue weighted by Crippen LogP contribution is -2.60. The fourth-order valence-electron chi connectivity index (χ4n) is 6.11. The Morgan fingerprint density at radius 2 is 1.32 bits per heavy atom. The number of carbonyl (C=O) groups is 3. The van der Waals surface area contributed by atoms with Crippen LogP contribution in [0.4, 0.5) is 11.6 Å². The van der Waals surface area contributed by atoms with Crippen molar-refractivity contribution in [1.29, 1.82) is 0 Å². The zero-order valence-electron chi connectivity index (χ0n) is 29.5. The largest absolute Gasteiger partial charge is 0.484 e. The minimum atomic E-state index is -0.411. The van der Waals surface area contributed by atoms with Gasteiger partial charge >= 0.3 is 0 Å². The summed E-state index contributed by atoms with van der Waals surface area (Å²) in [5.41, 5.74) is 14.0. The SMILES string of the molecule is CN(C)C(=O)COc1ccc(CCC[N+]2(CCCc3ccc(OCC(=O)N(C)C)cc3)CCCC(NC(=O)c3nc(Cl)c(N)nc3N)C2)cc1. The molecule has 1 fully saturated rings. The van der Waals surface area contributed by atoms with Crippen LogP contribution in [-0.4, -0.2) is 116 Å². The molecule has 0 radical (unpaired) electrons. The molecule has 4 rings (SSSR count). The minimum Gasteiger partial charge on any atom is -0.484 e. The lowest BCUT2D eigenvalue weighted by molar-refractivity contribution is -0.933. The van der Waals surface area contributed by atoms with Crippen molar-refractivity contribution in [2.75, 3.05) is 79.1 Å². The number of halogens is 1. The van der Waals surface area contributed by atoms with Gasteiger partial charge in [-0.05, 0) is 61.1 Å². The maximum Gasteiger partial charge on any atom is 0.274 e. The van der Waals surface area contributed by atoms with E-state index >= 15 is 0 Å². The molecule has 2 aromatic carbocycles. The zero-order chi connectivity index (χ0) is 36.3. The molecule has 270 valence electrons. The third-order valence-electron chi connectivity index (χ3n) is 9.01. The summed E-state index contributed by atoms with van der Waals surface area (Å²) < 4.78 is 12.1. The normalized spacial score (nSPS) is 15.2. The first-order chi connectivity index (χ1) is 23.8. The highest BCUT2D eigenvalue weighted by Gasteiger charge is 2.35. The number of benzene rings is 2. The van der Waals surface area contributed by atoms with E-state index in [-0.39, 0.29) is 53.6 Å². The predicted molar refractivity (Wildman–Crippen MR) is 194 cm³/mol. The predicted octanol–water partition coefficient (Wildman–Crippen LogP) is 3.20. The number of quaternary nitrogens is 1. The standard InChI is InChI=1S/C36H49ClN8O5/c1-43(2)30(46)23-49-28-15-11-25(12-16-28)8-5-19-45(20-6-9-26-13-17-29(18-14-26)50-24-31(47)44(3)4)21-7-10-27(22-45)40-36(48)32-34(38)42-35(39)33(37)41-32/h11-18,27H,5-10,19-24H2,1-4H3,(H4-,38,39,40,42,48)/p+1. The van der Waals surface area contributed by atoms with Crippen molar-refractivity contribution in [2.45, 2.75) is 44.6 Å². The molecule has 14 heteroatoms. The third kappa shape index (κ3) is 11.2. The second kappa shape index (κ2) is 17.9. The number of carbonyl (C=O) groups excluding carboxylic acids is 3. The van der Waals surface area contributed by atoms with Crippen molar-refractivity contribution >= 4 is 41.0 Å². The van der Waals surface area contributed by atoms with Crippen LogP contribution in [0.2, 0.25) is 5.15 Å². The fourth-order valence-corrected chi connectivity index (χ4v) is 6.24. The topological polar surface area (TPSA) is 166 Å². The lowest BCUT2D eigenvalue weighted by atomic mass is 9.99. The van der Waals surface area contributed by atoms with Gasteiger partial charge in [0.1, 0.15) is 11.5 Å². The van der Waals surface area contributed by atoms with E-state index in [4.69, 9.17) is 32.5 Å². The molecule has 0 spiro atoms. The van der Waals surface area contributed by atoms with Crippen LogP contribution < -0.4 is 26.3 Å². The Labute approximate surface area is 299 Å². The molecule has 13 nitrogen and oxygen atoms in total. The highest BCUT2D eigenvalue weighted by atomic mass is 35.5. The molecule has 1 unspecified atom stereocenters. The molecule has 50 heavy (non-hydrogen) atoms. The summed E-state index contributed by atoms with van der Waals surface area (Å²) in [6.45, 7) is 3.70. The number of anilines is 2. The first-order valence-corrected chi connectivity index (χ1v) is 17.3. The van der Waals surface area contributed by atoms with Crippen LogP contribution >= 0.6 is 11.6 Å². The maximum absolute atomic E-state index is 13.2. The van der Waals surface area contributed by atoms with Crippen molar-refractivity contribution in [3.05, 3.63) is 70.5 Å². The molecule has 3 aromatic rings. The van der Waals surface area contributed by atoms with Gasteiger partial charge in [0.05, 0.1) is 32.2 Å². The van der Waals surface area contributed by atoms with E-state index in [9.17, 15) is 14.4 Å². The van der Waals surface area contributed by atoms with Gasteiger partial charge in [-0.25, -0.2) is 9.97 Å². The van der Waals surface area contributed by atoms with Crippen LogP contribution in [0.15, 0.2) is 48.5 Å². The number of aryl methyl sites for hydroxylation is 2. The van der Waals surface area contributed by atoms with Gasteiger partial charge in [-0.2, -0.15) is 0 Å². The Balaban J connectivity index is 1.39. The fraction of sp³-hybridized carbons (Fsp3) is 0.472. The molecule has 0 bridgehead atoms. The number of amides is 3. The number of ether oxygens (including phenoxy) is 2. The van der Waals surface area contributed by atoms with Crippen molar-refractivity contribution in [3.8, 4) is 11.5 Å². The molecule has 0 saturated carbocycles. The van der Waals surface area contributed by atoms with E-state index in [0.29, 0.717) is 11.5 Å². The number of nitrogens with one attached hydrogen (secondary N) is 1. The smallest absolute Gasteiger partial charge is 0.274 e. The van der Waals surface area contributed by atoms with Crippen LogP contribution in [-0.2, 0) is 22.4 Å². The Kier molecular flexibility index (Phi) is 13.6. The molecule has 5 N–H and O–H groups in total. The average molecular weight is 710 g/mol. The highest BCUT2D eigenvalue weighted by molar-refractivity contribution is 6.31. The van der Waals surface area contributed by atoms with E-state index in [1.807, 2.05) is 48.5 Å². The molecule has 1 atom stereocenters. The molecule has 1 saturated heterocycles. The summed E-state index contributed by atoms with van der Waals surface area (Å²) in [7, 11) is 6.81. The molecule has 0 aliphatic carbocycles. The Morgan fingerprint density at radius 3 is 1.80 bits per heavy atom.